The summed E-state index contributed by atoms with van der Waals surface area (Å²) in [5, 5.41) is 13.9. The number of hydrogen-bond donors (Lipinski definition) is 2. The van der Waals surface area contributed by atoms with E-state index in [1.807, 2.05) is 48.5 Å². The largest absolute Gasteiger partial charge is 0.504 e. The van der Waals surface area contributed by atoms with Crippen molar-refractivity contribution in [2.24, 2.45) is 0 Å². The molecule has 0 saturated carbocycles. The predicted octanol–water partition coefficient (Wildman–Crippen LogP) is 3.79. The van der Waals surface area contributed by atoms with Crippen molar-refractivity contribution in [1.29, 1.82) is 0 Å². The number of benzene rings is 2. The Kier molecular flexibility index (Phi) is 4.41. The van der Waals surface area contributed by atoms with Gasteiger partial charge in [-0.25, -0.2) is 0 Å². The first-order chi connectivity index (χ1) is 10.3. The molecule has 1 aliphatic heterocycles. The van der Waals surface area contributed by atoms with Crippen molar-refractivity contribution in [3.63, 3.8) is 0 Å². The second-order valence-electron chi connectivity index (χ2n) is 5.47. The Morgan fingerprint density at radius 2 is 1.90 bits per heavy atom. The van der Waals surface area contributed by atoms with Crippen LogP contribution in [-0.4, -0.2) is 11.7 Å². The monoisotopic (exact) mass is 283 g/mol. The Labute approximate surface area is 125 Å². The first-order valence-electron chi connectivity index (χ1n) is 7.56. The Hall–Kier alpha value is -2.00. The molecule has 2 aromatic rings. The van der Waals surface area contributed by atoms with E-state index in [-0.39, 0.29) is 11.8 Å². The van der Waals surface area contributed by atoms with E-state index in [2.05, 4.69) is 5.32 Å². The molecule has 2 aromatic carbocycles. The fourth-order valence-electron chi connectivity index (χ4n) is 2.79. The second-order valence-corrected chi connectivity index (χ2v) is 5.47. The van der Waals surface area contributed by atoms with Crippen LogP contribution < -0.4 is 10.1 Å². The lowest BCUT2D eigenvalue weighted by Crippen LogP contribution is -2.26. The molecule has 3 heteroatoms. The minimum Gasteiger partial charge on any atom is -0.504 e. The van der Waals surface area contributed by atoms with E-state index in [9.17, 15) is 5.11 Å². The molecule has 0 radical (unpaired) electrons. The standard InChI is InChI=1S/C18H21NO2/c20-18-15(16-10-4-5-12-19-16)9-6-11-17(18)21-13-14-7-2-1-3-8-14/h1-3,6-9,11,16,19-20H,4-5,10,12-13H2. The summed E-state index contributed by atoms with van der Waals surface area (Å²) in [7, 11) is 0. The van der Waals surface area contributed by atoms with Gasteiger partial charge in [0.25, 0.3) is 0 Å². The van der Waals surface area contributed by atoms with Gasteiger partial charge in [-0.2, -0.15) is 0 Å². The van der Waals surface area contributed by atoms with E-state index in [1.54, 1.807) is 0 Å². The SMILES string of the molecule is Oc1c(OCc2ccccc2)cccc1C1CCCCN1. The van der Waals surface area contributed by atoms with Gasteiger partial charge in [-0.3, -0.25) is 0 Å². The molecule has 0 bridgehead atoms. The normalized spacial score (nSPS) is 18.4. The van der Waals surface area contributed by atoms with Crippen LogP contribution in [0.15, 0.2) is 48.5 Å². The Morgan fingerprint density at radius 1 is 1.05 bits per heavy atom. The van der Waals surface area contributed by atoms with Gasteiger partial charge in [-0.05, 0) is 31.0 Å². The van der Waals surface area contributed by atoms with Crippen LogP contribution >= 0.6 is 0 Å². The fourth-order valence-corrected chi connectivity index (χ4v) is 2.79. The van der Waals surface area contributed by atoms with Gasteiger partial charge >= 0.3 is 0 Å². The molecule has 2 N–H and O–H groups in total. The van der Waals surface area contributed by atoms with Crippen LogP contribution in [0.1, 0.15) is 36.4 Å². The minimum absolute atomic E-state index is 0.235. The zero-order valence-electron chi connectivity index (χ0n) is 12.1. The highest BCUT2D eigenvalue weighted by molar-refractivity contribution is 5.47. The van der Waals surface area contributed by atoms with Gasteiger partial charge < -0.3 is 15.2 Å². The average molecular weight is 283 g/mol. The molecule has 0 spiro atoms. The van der Waals surface area contributed by atoms with Crippen LogP contribution in [0.2, 0.25) is 0 Å². The third-order valence-electron chi connectivity index (χ3n) is 3.95. The number of nitrogens with one attached hydrogen (secondary N) is 1. The van der Waals surface area contributed by atoms with Crippen LogP contribution in [-0.2, 0) is 6.61 Å². The van der Waals surface area contributed by atoms with E-state index < -0.39 is 0 Å². The molecule has 0 amide bonds. The lowest BCUT2D eigenvalue weighted by molar-refractivity contribution is 0.285. The molecule has 110 valence electrons. The lowest BCUT2D eigenvalue weighted by atomic mass is 9.96. The summed E-state index contributed by atoms with van der Waals surface area (Å²) in [6.45, 7) is 1.48. The number of aromatic hydroxyl groups is 1. The predicted molar refractivity (Wildman–Crippen MR) is 83.5 cm³/mol. The number of hydrogen-bond acceptors (Lipinski definition) is 3. The highest BCUT2D eigenvalue weighted by atomic mass is 16.5. The topological polar surface area (TPSA) is 41.5 Å². The average Bonchev–Trinajstić information content (AvgIpc) is 2.56. The van der Waals surface area contributed by atoms with Crippen molar-refractivity contribution in [3.05, 3.63) is 59.7 Å². The number of para-hydroxylation sites is 1. The summed E-state index contributed by atoms with van der Waals surface area (Å²) in [6, 6.07) is 16.0. The zero-order chi connectivity index (χ0) is 14.5. The summed E-state index contributed by atoms with van der Waals surface area (Å²) in [6.07, 6.45) is 3.48. The molecule has 0 aromatic heterocycles. The van der Waals surface area contributed by atoms with Gasteiger partial charge in [-0.15, -0.1) is 0 Å². The summed E-state index contributed by atoms with van der Waals surface area (Å²) >= 11 is 0. The van der Waals surface area contributed by atoms with Crippen molar-refractivity contribution in [2.45, 2.75) is 31.9 Å². The molecule has 3 nitrogen and oxygen atoms in total. The van der Waals surface area contributed by atoms with E-state index in [0.717, 1.165) is 24.1 Å². The van der Waals surface area contributed by atoms with Crippen LogP contribution in [0.25, 0.3) is 0 Å². The molecular weight excluding hydrogens is 262 g/mol. The number of phenolic OH excluding ortho intramolecular Hbond substituents is 1. The number of ether oxygens (including phenoxy) is 1. The highest BCUT2D eigenvalue weighted by Crippen LogP contribution is 2.36. The third kappa shape index (κ3) is 3.37. The Morgan fingerprint density at radius 3 is 2.67 bits per heavy atom. The van der Waals surface area contributed by atoms with Crippen LogP contribution in [0, 0.1) is 0 Å². The number of phenols is 1. The molecule has 1 aliphatic rings. The van der Waals surface area contributed by atoms with Gasteiger partial charge in [-0.1, -0.05) is 48.9 Å². The maximum absolute atomic E-state index is 10.5. The van der Waals surface area contributed by atoms with Crippen LogP contribution in [0.4, 0.5) is 0 Å². The Bertz CT molecular complexity index is 577. The zero-order valence-corrected chi connectivity index (χ0v) is 12.1. The summed E-state index contributed by atoms with van der Waals surface area (Å²) in [5.74, 6) is 0.830. The maximum atomic E-state index is 10.5. The van der Waals surface area contributed by atoms with Gasteiger partial charge in [0.1, 0.15) is 6.61 Å². The molecule has 0 aliphatic carbocycles. The van der Waals surface area contributed by atoms with E-state index in [1.165, 1.54) is 12.8 Å². The molecule has 3 rings (SSSR count). The van der Waals surface area contributed by atoms with Gasteiger partial charge in [0.2, 0.25) is 0 Å². The van der Waals surface area contributed by atoms with Crippen molar-refractivity contribution in [1.82, 2.24) is 5.32 Å². The maximum Gasteiger partial charge on any atom is 0.162 e. The molecule has 1 unspecified atom stereocenters. The third-order valence-corrected chi connectivity index (χ3v) is 3.95. The smallest absolute Gasteiger partial charge is 0.162 e. The fraction of sp³-hybridized carbons (Fsp3) is 0.333. The molecule has 1 fully saturated rings. The first kappa shape index (κ1) is 14.0. The molecule has 21 heavy (non-hydrogen) atoms. The van der Waals surface area contributed by atoms with Gasteiger partial charge in [0, 0.05) is 11.6 Å². The van der Waals surface area contributed by atoms with Crippen molar-refractivity contribution >= 4 is 0 Å². The summed E-state index contributed by atoms with van der Waals surface area (Å²) in [5.41, 5.74) is 2.04. The van der Waals surface area contributed by atoms with Crippen molar-refractivity contribution < 1.29 is 9.84 Å². The van der Waals surface area contributed by atoms with Crippen molar-refractivity contribution in [2.75, 3.05) is 6.54 Å². The van der Waals surface area contributed by atoms with Gasteiger partial charge in [0.15, 0.2) is 11.5 Å². The highest BCUT2D eigenvalue weighted by Gasteiger charge is 2.19. The number of rotatable bonds is 4. The molecule has 1 saturated heterocycles. The number of piperidine rings is 1. The van der Waals surface area contributed by atoms with E-state index in [4.69, 9.17) is 4.74 Å². The van der Waals surface area contributed by atoms with E-state index in [0.29, 0.717) is 12.4 Å². The van der Waals surface area contributed by atoms with Crippen LogP contribution in [0.3, 0.4) is 0 Å². The van der Waals surface area contributed by atoms with Crippen molar-refractivity contribution in [3.8, 4) is 11.5 Å². The first-order valence-corrected chi connectivity index (χ1v) is 7.56. The molecular formula is C18H21NO2. The molecule has 1 heterocycles. The minimum atomic E-state index is 0.235. The quantitative estimate of drug-likeness (QED) is 0.897. The van der Waals surface area contributed by atoms with Gasteiger partial charge in [0.05, 0.1) is 0 Å². The summed E-state index contributed by atoms with van der Waals surface area (Å²) < 4.78 is 5.78. The Balaban J connectivity index is 1.73. The van der Waals surface area contributed by atoms with Crippen LogP contribution in [0.5, 0.6) is 11.5 Å². The second kappa shape index (κ2) is 6.64. The van der Waals surface area contributed by atoms with E-state index >= 15 is 0 Å². The lowest BCUT2D eigenvalue weighted by Gasteiger charge is -2.25. The summed E-state index contributed by atoms with van der Waals surface area (Å²) in [4.78, 5) is 0. The molecule has 1 atom stereocenters.